The summed E-state index contributed by atoms with van der Waals surface area (Å²) in [7, 11) is -14.2. The third-order valence-electron chi connectivity index (χ3n) is 5.89. The number of aromatic nitrogens is 3. The van der Waals surface area contributed by atoms with Crippen LogP contribution in [0.2, 0.25) is 0 Å². The van der Waals surface area contributed by atoms with Gasteiger partial charge in [-0.1, -0.05) is 48.6 Å². The molecular weight excluding hydrogens is 584 g/mol. The Balaban J connectivity index is 1.68. The lowest BCUT2D eigenvalue weighted by Crippen LogP contribution is -2.05. The van der Waals surface area contributed by atoms with Gasteiger partial charge >= 0.3 is 0 Å². The van der Waals surface area contributed by atoms with E-state index in [1.54, 1.807) is 24.3 Å². The molecule has 0 fully saturated rings. The van der Waals surface area contributed by atoms with Crippen molar-refractivity contribution in [3.05, 3.63) is 77.9 Å². The molecule has 5 aromatic rings. The van der Waals surface area contributed by atoms with E-state index in [9.17, 15) is 38.9 Å². The monoisotopic (exact) mass is 602 g/mol. The minimum Gasteiger partial charge on any atom is -0.399 e. The first-order valence-corrected chi connectivity index (χ1v) is 15.4. The zero-order valence-corrected chi connectivity index (χ0v) is 22.4. The van der Waals surface area contributed by atoms with Crippen LogP contribution in [-0.2, 0) is 30.4 Å². The van der Waals surface area contributed by atoms with Crippen LogP contribution < -0.4 is 5.73 Å². The Labute approximate surface area is 227 Å². The molecule has 0 saturated heterocycles. The van der Waals surface area contributed by atoms with Crippen LogP contribution in [0.5, 0.6) is 0 Å². The van der Waals surface area contributed by atoms with E-state index in [4.69, 9.17) is 5.73 Å². The highest BCUT2D eigenvalue weighted by atomic mass is 32.2. The molecule has 16 heteroatoms. The van der Waals surface area contributed by atoms with Gasteiger partial charge in [0.15, 0.2) is 0 Å². The molecule has 0 spiro atoms. The standard InChI is InChI=1S/C24H18N4O9S3/c25-17-9-7-14(20(12-17)38(29,30)31)5-6-15-8-10-18(13-21(15)39(32,33)34)28-26-23-19-4-2-1-3-16(19)11-22(24(23)27-28)40(35,36)37/h1-13H,25H2,(H,29,30,31)(H,32,33,34)(H,35,36,37). The lowest BCUT2D eigenvalue weighted by molar-refractivity contribution is 0.480. The van der Waals surface area contributed by atoms with Crippen molar-refractivity contribution in [2.75, 3.05) is 5.73 Å². The van der Waals surface area contributed by atoms with E-state index < -0.39 is 45.0 Å². The summed E-state index contributed by atoms with van der Waals surface area (Å²) >= 11 is 0. The third kappa shape index (κ3) is 5.18. The maximum atomic E-state index is 12.3. The molecule has 0 unspecified atom stereocenters. The highest BCUT2D eigenvalue weighted by molar-refractivity contribution is 7.86. The summed E-state index contributed by atoms with van der Waals surface area (Å²) in [5, 5.41) is 9.44. The van der Waals surface area contributed by atoms with Crippen molar-refractivity contribution in [1.82, 2.24) is 15.0 Å². The molecule has 40 heavy (non-hydrogen) atoms. The van der Waals surface area contributed by atoms with Gasteiger partial charge in [0.1, 0.15) is 25.7 Å². The maximum Gasteiger partial charge on any atom is 0.296 e. The summed E-state index contributed by atoms with van der Waals surface area (Å²) in [6, 6.07) is 15.3. The van der Waals surface area contributed by atoms with Crippen molar-refractivity contribution in [2.24, 2.45) is 0 Å². The van der Waals surface area contributed by atoms with Crippen molar-refractivity contribution >= 4 is 70.0 Å². The highest BCUT2D eigenvalue weighted by Crippen LogP contribution is 2.30. The van der Waals surface area contributed by atoms with Gasteiger partial charge in [0.25, 0.3) is 30.4 Å². The quantitative estimate of drug-likeness (QED) is 0.125. The molecule has 13 nitrogen and oxygen atoms in total. The number of benzene rings is 4. The number of rotatable bonds is 6. The molecule has 4 aromatic carbocycles. The number of fused-ring (bicyclic) bond motifs is 3. The summed E-state index contributed by atoms with van der Waals surface area (Å²) in [4.78, 5) is -0.667. The van der Waals surface area contributed by atoms with Crippen LogP contribution in [0.4, 0.5) is 5.69 Å². The molecule has 5 N–H and O–H groups in total. The average molecular weight is 603 g/mol. The maximum absolute atomic E-state index is 12.3. The van der Waals surface area contributed by atoms with Crippen LogP contribution in [-0.4, -0.2) is 53.9 Å². The van der Waals surface area contributed by atoms with Gasteiger partial charge < -0.3 is 5.73 Å². The van der Waals surface area contributed by atoms with E-state index in [1.165, 1.54) is 42.5 Å². The molecule has 0 aliphatic heterocycles. The van der Waals surface area contributed by atoms with E-state index in [0.29, 0.717) is 10.8 Å². The van der Waals surface area contributed by atoms with Crippen molar-refractivity contribution in [3.63, 3.8) is 0 Å². The lowest BCUT2D eigenvalue weighted by Gasteiger charge is -2.07. The van der Waals surface area contributed by atoms with Gasteiger partial charge in [-0.2, -0.15) is 30.0 Å². The molecule has 0 atom stereocenters. The molecule has 0 radical (unpaired) electrons. The van der Waals surface area contributed by atoms with Crippen molar-refractivity contribution in [1.29, 1.82) is 0 Å². The Bertz CT molecular complexity index is 2210. The number of nitrogens with two attached hydrogens (primary N) is 1. The molecule has 1 aromatic heterocycles. The molecule has 5 rings (SSSR count). The second-order valence-electron chi connectivity index (χ2n) is 8.56. The van der Waals surface area contributed by atoms with Gasteiger partial charge in [-0.3, -0.25) is 13.7 Å². The molecule has 0 aliphatic carbocycles. The summed E-state index contributed by atoms with van der Waals surface area (Å²) < 4.78 is 101. The Kier molecular flexibility index (Phi) is 6.48. The first-order valence-electron chi connectivity index (χ1n) is 11.1. The Hall–Kier alpha value is -4.19. The second-order valence-corrected chi connectivity index (χ2v) is 12.7. The van der Waals surface area contributed by atoms with E-state index in [0.717, 1.165) is 16.9 Å². The molecular formula is C24H18N4O9S3. The second kappa shape index (κ2) is 9.47. The van der Waals surface area contributed by atoms with Crippen LogP contribution in [0.3, 0.4) is 0 Å². The van der Waals surface area contributed by atoms with Crippen molar-refractivity contribution in [3.8, 4) is 5.69 Å². The van der Waals surface area contributed by atoms with Gasteiger partial charge in [0.2, 0.25) is 0 Å². The molecule has 1 heterocycles. The molecule has 0 aliphatic rings. The zero-order chi connectivity index (χ0) is 29.0. The van der Waals surface area contributed by atoms with Crippen LogP contribution in [0.15, 0.2) is 81.4 Å². The minimum atomic E-state index is -4.85. The summed E-state index contributed by atoms with van der Waals surface area (Å²) in [5.41, 5.74) is 5.56. The summed E-state index contributed by atoms with van der Waals surface area (Å²) in [6.45, 7) is 0. The van der Waals surface area contributed by atoms with Crippen molar-refractivity contribution in [2.45, 2.75) is 14.7 Å². The summed E-state index contributed by atoms with van der Waals surface area (Å²) in [6.07, 6.45) is 2.40. The molecule has 206 valence electrons. The van der Waals surface area contributed by atoms with Gasteiger partial charge in [-0.05, 0) is 46.8 Å². The fraction of sp³-hybridized carbons (Fsp3) is 0. The molecule has 0 bridgehead atoms. The van der Waals surface area contributed by atoms with Gasteiger partial charge in [0, 0.05) is 11.1 Å². The smallest absolute Gasteiger partial charge is 0.296 e. The Morgan fingerprint density at radius 3 is 1.82 bits per heavy atom. The fourth-order valence-electron chi connectivity index (χ4n) is 4.11. The van der Waals surface area contributed by atoms with E-state index in [2.05, 4.69) is 10.2 Å². The Morgan fingerprint density at radius 1 is 0.650 bits per heavy atom. The van der Waals surface area contributed by atoms with E-state index in [-0.39, 0.29) is 33.5 Å². The normalized spacial score (nSPS) is 13.0. The predicted molar refractivity (Wildman–Crippen MR) is 146 cm³/mol. The first kappa shape index (κ1) is 27.4. The topological polar surface area (TPSA) is 220 Å². The minimum absolute atomic E-state index is 0.00771. The van der Waals surface area contributed by atoms with Gasteiger partial charge in [-0.15, -0.1) is 10.2 Å². The van der Waals surface area contributed by atoms with E-state index >= 15 is 0 Å². The SMILES string of the molecule is Nc1ccc(C=Cc2ccc(-n3nc4c(S(=O)(=O)O)cc5ccccc5c4n3)cc2S(=O)(=O)O)c(S(=O)(=O)O)c1. The first-order chi connectivity index (χ1) is 18.6. The van der Waals surface area contributed by atoms with Gasteiger partial charge in [0.05, 0.1) is 5.69 Å². The number of hydrogen-bond acceptors (Lipinski definition) is 9. The van der Waals surface area contributed by atoms with Crippen LogP contribution in [0, 0.1) is 0 Å². The number of nitrogens with zero attached hydrogens (tertiary/aromatic N) is 3. The Morgan fingerprint density at radius 2 is 1.20 bits per heavy atom. The highest BCUT2D eigenvalue weighted by Gasteiger charge is 2.23. The number of anilines is 1. The predicted octanol–water partition coefficient (Wildman–Crippen LogP) is 3.07. The van der Waals surface area contributed by atoms with Crippen molar-refractivity contribution < 1.29 is 38.9 Å². The number of hydrogen-bond donors (Lipinski definition) is 4. The fourth-order valence-corrected chi connectivity index (χ4v) is 6.19. The van der Waals surface area contributed by atoms with Gasteiger partial charge in [-0.25, -0.2) is 0 Å². The molecule has 0 amide bonds. The zero-order valence-electron chi connectivity index (χ0n) is 19.9. The molecule has 0 saturated carbocycles. The summed E-state index contributed by atoms with van der Waals surface area (Å²) in [5.74, 6) is 0. The average Bonchev–Trinajstić information content (AvgIpc) is 3.31. The van der Waals surface area contributed by atoms with Crippen LogP contribution in [0.25, 0.3) is 39.6 Å². The third-order valence-corrected chi connectivity index (χ3v) is 8.58. The number of nitrogen functional groups attached to an aromatic ring is 1. The van der Waals surface area contributed by atoms with E-state index in [1.807, 2.05) is 0 Å². The van der Waals surface area contributed by atoms with Crippen LogP contribution in [0.1, 0.15) is 11.1 Å². The van der Waals surface area contributed by atoms with Crippen LogP contribution >= 0.6 is 0 Å². The lowest BCUT2D eigenvalue weighted by atomic mass is 10.1. The largest absolute Gasteiger partial charge is 0.399 e.